The van der Waals surface area contributed by atoms with Crippen molar-refractivity contribution in [3.63, 3.8) is 0 Å². The van der Waals surface area contributed by atoms with Crippen molar-refractivity contribution in [2.75, 3.05) is 6.54 Å². The molecule has 0 saturated heterocycles. The van der Waals surface area contributed by atoms with Crippen molar-refractivity contribution < 1.29 is 9.32 Å². The number of nitrogens with one attached hydrogen (secondary N) is 1. The molecule has 0 radical (unpaired) electrons. The number of carbonyl (C=O) groups is 1. The molecule has 0 aliphatic carbocycles. The minimum Gasteiger partial charge on any atom is -0.355 e. The number of hydrogen-bond donors (Lipinski definition) is 1. The highest BCUT2D eigenvalue weighted by Gasteiger charge is 2.09. The summed E-state index contributed by atoms with van der Waals surface area (Å²) in [5.74, 6) is 1.07. The van der Waals surface area contributed by atoms with E-state index in [9.17, 15) is 4.79 Å². The molecule has 0 atom stereocenters. The van der Waals surface area contributed by atoms with Crippen molar-refractivity contribution in [2.45, 2.75) is 19.8 Å². The summed E-state index contributed by atoms with van der Waals surface area (Å²) in [6.45, 7) is 2.50. The Kier molecular flexibility index (Phi) is 5.01. The van der Waals surface area contributed by atoms with E-state index in [4.69, 9.17) is 4.52 Å². The molecule has 2 aromatic carbocycles. The summed E-state index contributed by atoms with van der Waals surface area (Å²) < 4.78 is 5.24. The molecule has 5 nitrogen and oxygen atoms in total. The van der Waals surface area contributed by atoms with Crippen molar-refractivity contribution >= 4 is 5.91 Å². The Labute approximate surface area is 140 Å². The van der Waals surface area contributed by atoms with Crippen LogP contribution in [0.25, 0.3) is 11.4 Å². The predicted octanol–water partition coefficient (Wildman–Crippen LogP) is 2.95. The van der Waals surface area contributed by atoms with Gasteiger partial charge in [-0.15, -0.1) is 0 Å². The second-order valence-corrected chi connectivity index (χ2v) is 5.64. The summed E-state index contributed by atoms with van der Waals surface area (Å²) in [5.41, 5.74) is 3.10. The first kappa shape index (κ1) is 15.9. The first-order valence-electron chi connectivity index (χ1n) is 7.91. The van der Waals surface area contributed by atoms with E-state index in [0.717, 1.165) is 11.1 Å². The lowest BCUT2D eigenvalue weighted by molar-refractivity contribution is -0.120. The maximum absolute atomic E-state index is 11.9. The molecule has 0 spiro atoms. The summed E-state index contributed by atoms with van der Waals surface area (Å²) in [7, 11) is 0. The molecule has 0 fully saturated rings. The minimum absolute atomic E-state index is 0.0144. The molecule has 0 aliphatic rings. The van der Waals surface area contributed by atoms with Gasteiger partial charge in [0.1, 0.15) is 0 Å². The van der Waals surface area contributed by atoms with Crippen LogP contribution in [0, 0.1) is 6.92 Å². The average molecular weight is 321 g/mol. The first-order chi connectivity index (χ1) is 11.7. The van der Waals surface area contributed by atoms with Gasteiger partial charge in [0.2, 0.25) is 17.6 Å². The molecule has 3 rings (SSSR count). The van der Waals surface area contributed by atoms with E-state index < -0.39 is 0 Å². The average Bonchev–Trinajstić information content (AvgIpc) is 3.05. The highest BCUT2D eigenvalue weighted by atomic mass is 16.5. The Morgan fingerprint density at radius 3 is 2.58 bits per heavy atom. The third kappa shape index (κ3) is 4.29. The highest BCUT2D eigenvalue weighted by Crippen LogP contribution is 2.16. The van der Waals surface area contributed by atoms with E-state index in [2.05, 4.69) is 15.5 Å². The number of hydrogen-bond acceptors (Lipinski definition) is 4. The fourth-order valence-electron chi connectivity index (χ4n) is 2.33. The van der Waals surface area contributed by atoms with E-state index >= 15 is 0 Å². The second kappa shape index (κ2) is 7.55. The molecular formula is C19H19N3O2. The van der Waals surface area contributed by atoms with E-state index in [1.807, 2.05) is 61.5 Å². The number of rotatable bonds is 6. The number of aryl methyl sites for hydroxylation is 1. The molecular weight excluding hydrogens is 302 g/mol. The van der Waals surface area contributed by atoms with Crippen LogP contribution in [0.2, 0.25) is 0 Å². The maximum atomic E-state index is 11.9. The Hall–Kier alpha value is -2.95. The minimum atomic E-state index is -0.0144. The molecule has 0 aliphatic heterocycles. The van der Waals surface area contributed by atoms with Gasteiger partial charge in [0, 0.05) is 18.5 Å². The van der Waals surface area contributed by atoms with Gasteiger partial charge in [0.05, 0.1) is 6.42 Å². The van der Waals surface area contributed by atoms with Crippen molar-refractivity contribution in [3.8, 4) is 11.4 Å². The molecule has 1 N–H and O–H groups in total. The third-order valence-corrected chi connectivity index (χ3v) is 3.65. The van der Waals surface area contributed by atoms with Gasteiger partial charge in [-0.1, -0.05) is 65.3 Å². The van der Waals surface area contributed by atoms with Gasteiger partial charge in [-0.3, -0.25) is 4.79 Å². The van der Waals surface area contributed by atoms with Gasteiger partial charge in [0.25, 0.3) is 0 Å². The topological polar surface area (TPSA) is 68.0 Å². The summed E-state index contributed by atoms with van der Waals surface area (Å²) in [5, 5.41) is 6.85. The Balaban J connectivity index is 1.49. The fourth-order valence-corrected chi connectivity index (χ4v) is 2.33. The van der Waals surface area contributed by atoms with Gasteiger partial charge in [-0.05, 0) is 12.5 Å². The zero-order valence-electron chi connectivity index (χ0n) is 13.5. The van der Waals surface area contributed by atoms with Crippen LogP contribution in [-0.2, 0) is 17.6 Å². The Morgan fingerprint density at radius 1 is 1.08 bits per heavy atom. The maximum Gasteiger partial charge on any atom is 0.228 e. The lowest BCUT2D eigenvalue weighted by Gasteiger charge is -2.03. The molecule has 5 heteroatoms. The van der Waals surface area contributed by atoms with E-state index in [-0.39, 0.29) is 5.91 Å². The van der Waals surface area contributed by atoms with Crippen LogP contribution < -0.4 is 5.32 Å². The lowest BCUT2D eigenvalue weighted by atomic mass is 10.1. The molecule has 1 heterocycles. The summed E-state index contributed by atoms with van der Waals surface area (Å²) in [6.07, 6.45) is 0.888. The van der Waals surface area contributed by atoms with Crippen molar-refractivity contribution in [1.29, 1.82) is 0 Å². The zero-order valence-corrected chi connectivity index (χ0v) is 13.5. The highest BCUT2D eigenvalue weighted by molar-refractivity contribution is 5.78. The summed E-state index contributed by atoms with van der Waals surface area (Å²) in [6, 6.07) is 17.6. The van der Waals surface area contributed by atoms with Gasteiger partial charge >= 0.3 is 0 Å². The van der Waals surface area contributed by atoms with Crippen molar-refractivity contribution in [3.05, 3.63) is 71.6 Å². The molecule has 3 aromatic rings. The smallest absolute Gasteiger partial charge is 0.228 e. The molecule has 122 valence electrons. The van der Waals surface area contributed by atoms with Crippen LogP contribution in [0.3, 0.4) is 0 Å². The fraction of sp³-hybridized carbons (Fsp3) is 0.211. The Bertz CT molecular complexity index is 795. The van der Waals surface area contributed by atoms with Gasteiger partial charge in [-0.25, -0.2) is 0 Å². The lowest BCUT2D eigenvalue weighted by Crippen LogP contribution is -2.27. The van der Waals surface area contributed by atoms with Crippen LogP contribution in [0.4, 0.5) is 0 Å². The van der Waals surface area contributed by atoms with Crippen LogP contribution in [0.5, 0.6) is 0 Å². The van der Waals surface area contributed by atoms with E-state index in [0.29, 0.717) is 31.1 Å². The van der Waals surface area contributed by atoms with Gasteiger partial charge < -0.3 is 9.84 Å². The number of nitrogens with zero attached hydrogens (tertiary/aromatic N) is 2. The van der Waals surface area contributed by atoms with Crippen molar-refractivity contribution in [2.24, 2.45) is 0 Å². The molecule has 24 heavy (non-hydrogen) atoms. The molecule has 0 unspecified atom stereocenters. The summed E-state index contributed by atoms with van der Waals surface area (Å²) in [4.78, 5) is 16.2. The largest absolute Gasteiger partial charge is 0.355 e. The Morgan fingerprint density at radius 2 is 1.83 bits per heavy atom. The third-order valence-electron chi connectivity index (χ3n) is 3.65. The number of aromatic nitrogens is 2. The van der Waals surface area contributed by atoms with E-state index in [1.165, 1.54) is 5.56 Å². The van der Waals surface area contributed by atoms with E-state index in [1.54, 1.807) is 0 Å². The number of amides is 1. The first-order valence-corrected chi connectivity index (χ1v) is 7.91. The van der Waals surface area contributed by atoms with Crippen LogP contribution in [-0.4, -0.2) is 22.6 Å². The zero-order chi connectivity index (χ0) is 16.8. The monoisotopic (exact) mass is 321 g/mol. The van der Waals surface area contributed by atoms with Crippen molar-refractivity contribution in [1.82, 2.24) is 15.5 Å². The second-order valence-electron chi connectivity index (χ2n) is 5.64. The SMILES string of the molecule is Cc1ccc(-c2noc(CCNC(=O)Cc3ccccc3)n2)cc1. The number of benzene rings is 2. The molecule has 0 saturated carbocycles. The molecule has 1 aromatic heterocycles. The summed E-state index contributed by atoms with van der Waals surface area (Å²) >= 11 is 0. The van der Waals surface area contributed by atoms with Crippen LogP contribution in [0.15, 0.2) is 59.1 Å². The van der Waals surface area contributed by atoms with Crippen LogP contribution >= 0.6 is 0 Å². The molecule has 0 bridgehead atoms. The molecule has 1 amide bonds. The van der Waals surface area contributed by atoms with Gasteiger partial charge in [0.15, 0.2) is 0 Å². The predicted molar refractivity (Wildman–Crippen MR) is 91.3 cm³/mol. The standard InChI is InChI=1S/C19H19N3O2/c1-14-7-9-16(10-8-14)19-21-18(24-22-19)11-12-20-17(23)13-15-5-3-2-4-6-15/h2-10H,11-13H2,1H3,(H,20,23). The van der Waals surface area contributed by atoms with Crippen LogP contribution in [0.1, 0.15) is 17.0 Å². The quantitative estimate of drug-likeness (QED) is 0.758. The number of carbonyl (C=O) groups excluding carboxylic acids is 1. The normalized spacial score (nSPS) is 10.5. The van der Waals surface area contributed by atoms with Gasteiger partial charge in [-0.2, -0.15) is 4.98 Å².